The molecule has 0 aromatic carbocycles. The molecule has 0 amide bonds. The highest BCUT2D eigenvalue weighted by atomic mass is 15.1. The van der Waals surface area contributed by atoms with Crippen molar-refractivity contribution in [2.24, 2.45) is 17.6 Å². The minimum atomic E-state index is 0.369. The van der Waals surface area contributed by atoms with Gasteiger partial charge < -0.3 is 10.6 Å². The van der Waals surface area contributed by atoms with Crippen molar-refractivity contribution >= 4 is 0 Å². The number of nitrogens with zero attached hydrogens (tertiary/aromatic N) is 1. The first-order valence-electron chi connectivity index (χ1n) is 5.53. The molecule has 0 radical (unpaired) electrons. The first-order valence-corrected chi connectivity index (χ1v) is 5.53. The lowest BCUT2D eigenvalue weighted by Gasteiger charge is -2.16. The van der Waals surface area contributed by atoms with E-state index in [0.717, 1.165) is 18.3 Å². The van der Waals surface area contributed by atoms with Crippen LogP contribution in [0.5, 0.6) is 0 Å². The van der Waals surface area contributed by atoms with Crippen LogP contribution in [-0.2, 0) is 0 Å². The number of rotatable bonds is 6. The zero-order valence-corrected chi connectivity index (χ0v) is 9.29. The molecule has 3 atom stereocenters. The van der Waals surface area contributed by atoms with E-state index in [9.17, 15) is 0 Å². The summed E-state index contributed by atoms with van der Waals surface area (Å²) in [6, 6.07) is 0.369. The smallest absolute Gasteiger partial charge is 0.00109 e. The Balaban J connectivity index is 1.95. The van der Waals surface area contributed by atoms with Crippen LogP contribution in [0.4, 0.5) is 0 Å². The molecule has 0 spiro atoms. The van der Waals surface area contributed by atoms with Crippen molar-refractivity contribution in [3.05, 3.63) is 0 Å². The highest BCUT2D eigenvalue weighted by Gasteiger charge is 2.32. The summed E-state index contributed by atoms with van der Waals surface area (Å²) in [6.45, 7) is 6.94. The van der Waals surface area contributed by atoms with Crippen LogP contribution in [0.3, 0.4) is 0 Å². The van der Waals surface area contributed by atoms with Crippen molar-refractivity contribution in [2.75, 3.05) is 20.1 Å². The van der Waals surface area contributed by atoms with Gasteiger partial charge in [0, 0.05) is 12.6 Å². The predicted octanol–water partition coefficient (Wildman–Crippen LogP) is 1.70. The first kappa shape index (κ1) is 11.0. The van der Waals surface area contributed by atoms with Gasteiger partial charge in [0.25, 0.3) is 0 Å². The van der Waals surface area contributed by atoms with E-state index in [1.54, 1.807) is 0 Å². The Morgan fingerprint density at radius 3 is 2.62 bits per heavy atom. The van der Waals surface area contributed by atoms with Gasteiger partial charge >= 0.3 is 0 Å². The maximum Gasteiger partial charge on any atom is 0.00109 e. The van der Waals surface area contributed by atoms with Crippen LogP contribution in [-0.4, -0.2) is 31.1 Å². The van der Waals surface area contributed by atoms with Crippen LogP contribution >= 0.6 is 0 Å². The van der Waals surface area contributed by atoms with Crippen LogP contribution < -0.4 is 5.73 Å². The Labute approximate surface area is 82.5 Å². The molecular formula is C11H24N2. The Morgan fingerprint density at radius 2 is 2.15 bits per heavy atom. The summed E-state index contributed by atoms with van der Waals surface area (Å²) >= 11 is 0. The molecule has 3 unspecified atom stereocenters. The second-order valence-corrected chi connectivity index (χ2v) is 4.85. The molecule has 0 aromatic rings. The summed E-state index contributed by atoms with van der Waals surface area (Å²) in [7, 11) is 2.23. The highest BCUT2D eigenvalue weighted by molar-refractivity contribution is 4.84. The van der Waals surface area contributed by atoms with Crippen molar-refractivity contribution in [3.63, 3.8) is 0 Å². The van der Waals surface area contributed by atoms with E-state index >= 15 is 0 Å². The maximum absolute atomic E-state index is 5.70. The SMILES string of the molecule is CC(N)CCCN(C)CC1CC1C. The fourth-order valence-electron chi connectivity index (χ4n) is 1.83. The Kier molecular flexibility index (Phi) is 4.20. The fraction of sp³-hybridized carbons (Fsp3) is 1.00. The summed E-state index contributed by atoms with van der Waals surface area (Å²) in [5, 5.41) is 0. The van der Waals surface area contributed by atoms with Crippen molar-refractivity contribution in [3.8, 4) is 0 Å². The van der Waals surface area contributed by atoms with Gasteiger partial charge in [-0.1, -0.05) is 6.92 Å². The van der Waals surface area contributed by atoms with Crippen LogP contribution in [0, 0.1) is 11.8 Å². The first-order chi connectivity index (χ1) is 6.09. The average molecular weight is 184 g/mol. The molecule has 0 aromatic heterocycles. The minimum Gasteiger partial charge on any atom is -0.328 e. The van der Waals surface area contributed by atoms with Crippen molar-refractivity contribution in [1.29, 1.82) is 0 Å². The van der Waals surface area contributed by atoms with E-state index in [0.29, 0.717) is 6.04 Å². The monoisotopic (exact) mass is 184 g/mol. The van der Waals surface area contributed by atoms with Gasteiger partial charge in [0.1, 0.15) is 0 Å². The third kappa shape index (κ3) is 4.63. The summed E-state index contributed by atoms with van der Waals surface area (Å²) in [4.78, 5) is 2.45. The molecule has 1 saturated carbocycles. The summed E-state index contributed by atoms with van der Waals surface area (Å²) < 4.78 is 0. The molecule has 0 bridgehead atoms. The van der Waals surface area contributed by atoms with E-state index in [-0.39, 0.29) is 0 Å². The molecule has 2 nitrogen and oxygen atoms in total. The van der Waals surface area contributed by atoms with E-state index in [2.05, 4.69) is 25.8 Å². The van der Waals surface area contributed by atoms with E-state index < -0.39 is 0 Å². The van der Waals surface area contributed by atoms with Crippen molar-refractivity contribution in [1.82, 2.24) is 4.90 Å². The topological polar surface area (TPSA) is 29.3 Å². The standard InChI is InChI=1S/C11H24N2/c1-9-7-11(9)8-13(3)6-4-5-10(2)12/h9-11H,4-8,12H2,1-3H3. The van der Waals surface area contributed by atoms with Crippen LogP contribution in [0.2, 0.25) is 0 Å². The van der Waals surface area contributed by atoms with Crippen molar-refractivity contribution in [2.45, 2.75) is 39.2 Å². The lowest BCUT2D eigenvalue weighted by atomic mass is 10.2. The van der Waals surface area contributed by atoms with Crippen LogP contribution in [0.25, 0.3) is 0 Å². The quantitative estimate of drug-likeness (QED) is 0.681. The lowest BCUT2D eigenvalue weighted by molar-refractivity contribution is 0.305. The second-order valence-electron chi connectivity index (χ2n) is 4.85. The number of nitrogens with two attached hydrogens (primary N) is 1. The van der Waals surface area contributed by atoms with Gasteiger partial charge in [0.15, 0.2) is 0 Å². The summed E-state index contributed by atoms with van der Waals surface area (Å²) in [5.74, 6) is 1.97. The molecule has 1 fully saturated rings. The molecule has 78 valence electrons. The minimum absolute atomic E-state index is 0.369. The average Bonchev–Trinajstić information content (AvgIpc) is 2.65. The normalized spacial score (nSPS) is 29.3. The molecular weight excluding hydrogens is 160 g/mol. The molecule has 2 N–H and O–H groups in total. The Hall–Kier alpha value is -0.0800. The summed E-state index contributed by atoms with van der Waals surface area (Å²) in [6.07, 6.45) is 3.84. The zero-order chi connectivity index (χ0) is 9.84. The third-order valence-electron chi connectivity index (χ3n) is 3.02. The molecule has 2 heteroatoms. The molecule has 0 saturated heterocycles. The third-order valence-corrected chi connectivity index (χ3v) is 3.02. The Bertz CT molecular complexity index is 145. The van der Waals surface area contributed by atoms with Gasteiger partial charge in [-0.25, -0.2) is 0 Å². The van der Waals surface area contributed by atoms with Crippen molar-refractivity contribution < 1.29 is 0 Å². The highest BCUT2D eigenvalue weighted by Crippen LogP contribution is 2.37. The molecule has 1 rings (SSSR count). The Morgan fingerprint density at radius 1 is 1.54 bits per heavy atom. The second kappa shape index (κ2) is 4.97. The van der Waals surface area contributed by atoms with E-state index in [1.165, 1.54) is 25.9 Å². The van der Waals surface area contributed by atoms with Crippen LogP contribution in [0.1, 0.15) is 33.1 Å². The van der Waals surface area contributed by atoms with Crippen LogP contribution in [0.15, 0.2) is 0 Å². The molecule has 1 aliphatic carbocycles. The largest absolute Gasteiger partial charge is 0.328 e. The fourth-order valence-corrected chi connectivity index (χ4v) is 1.83. The lowest BCUT2D eigenvalue weighted by Crippen LogP contribution is -2.24. The van der Waals surface area contributed by atoms with E-state index in [4.69, 9.17) is 5.73 Å². The maximum atomic E-state index is 5.70. The molecule has 0 aliphatic heterocycles. The molecule has 13 heavy (non-hydrogen) atoms. The van der Waals surface area contributed by atoms with Gasteiger partial charge in [-0.2, -0.15) is 0 Å². The molecule has 1 aliphatic rings. The predicted molar refractivity (Wildman–Crippen MR) is 57.7 cm³/mol. The molecule has 0 heterocycles. The zero-order valence-electron chi connectivity index (χ0n) is 9.29. The van der Waals surface area contributed by atoms with Gasteiger partial charge in [-0.05, 0) is 51.6 Å². The number of hydrogen-bond acceptors (Lipinski definition) is 2. The van der Waals surface area contributed by atoms with Gasteiger partial charge in [0.05, 0.1) is 0 Å². The van der Waals surface area contributed by atoms with Gasteiger partial charge in [-0.15, -0.1) is 0 Å². The van der Waals surface area contributed by atoms with Gasteiger partial charge in [-0.3, -0.25) is 0 Å². The summed E-state index contributed by atoms with van der Waals surface area (Å²) in [5.41, 5.74) is 5.70. The number of hydrogen-bond donors (Lipinski definition) is 1. The van der Waals surface area contributed by atoms with Gasteiger partial charge in [0.2, 0.25) is 0 Å². The van der Waals surface area contributed by atoms with E-state index in [1.807, 2.05) is 0 Å².